The number of hydrogen-bond acceptors (Lipinski definition) is 3. The Kier molecular flexibility index (Phi) is 2.95. The number of benzene rings is 1. The number of amides is 1. The van der Waals surface area contributed by atoms with Crippen LogP contribution < -0.4 is 5.32 Å². The number of fused-ring (bicyclic) bond motifs is 1. The standard InChI is InChI=1S/C15H14N4O/c1-10-7-9-19(18-10)14-6-5-13(17-11(2)20)15-12(14)4-3-8-16-15/h3-9H,1-2H3,(H,17,20). The Morgan fingerprint density at radius 2 is 2.10 bits per heavy atom. The Hall–Kier alpha value is -2.69. The van der Waals surface area contributed by atoms with Crippen LogP contribution in [0.1, 0.15) is 12.6 Å². The molecule has 0 atom stereocenters. The van der Waals surface area contributed by atoms with Crippen LogP contribution in [-0.4, -0.2) is 20.7 Å². The molecular weight excluding hydrogens is 252 g/mol. The fraction of sp³-hybridized carbons (Fsp3) is 0.133. The van der Waals surface area contributed by atoms with Crippen LogP contribution >= 0.6 is 0 Å². The van der Waals surface area contributed by atoms with Crippen molar-refractivity contribution in [1.29, 1.82) is 0 Å². The van der Waals surface area contributed by atoms with Gasteiger partial charge < -0.3 is 5.32 Å². The molecule has 2 aromatic heterocycles. The van der Waals surface area contributed by atoms with Gasteiger partial charge in [-0.15, -0.1) is 0 Å². The van der Waals surface area contributed by atoms with Gasteiger partial charge in [-0.3, -0.25) is 9.78 Å². The summed E-state index contributed by atoms with van der Waals surface area (Å²) in [6.07, 6.45) is 3.63. The van der Waals surface area contributed by atoms with E-state index in [9.17, 15) is 4.79 Å². The molecule has 3 rings (SSSR count). The van der Waals surface area contributed by atoms with E-state index < -0.39 is 0 Å². The van der Waals surface area contributed by atoms with Crippen molar-refractivity contribution >= 4 is 22.5 Å². The van der Waals surface area contributed by atoms with Crippen molar-refractivity contribution in [2.24, 2.45) is 0 Å². The molecule has 5 nitrogen and oxygen atoms in total. The lowest BCUT2D eigenvalue weighted by molar-refractivity contribution is -0.114. The molecule has 0 unspecified atom stereocenters. The summed E-state index contributed by atoms with van der Waals surface area (Å²) in [5.74, 6) is -0.111. The van der Waals surface area contributed by atoms with E-state index in [1.165, 1.54) is 6.92 Å². The van der Waals surface area contributed by atoms with Crippen LogP contribution in [0.4, 0.5) is 5.69 Å². The van der Waals surface area contributed by atoms with Crippen molar-refractivity contribution in [2.75, 3.05) is 5.32 Å². The number of hydrogen-bond donors (Lipinski definition) is 1. The molecule has 20 heavy (non-hydrogen) atoms. The summed E-state index contributed by atoms with van der Waals surface area (Å²) in [6, 6.07) is 9.58. The molecule has 1 amide bonds. The van der Waals surface area contributed by atoms with Gasteiger partial charge in [0.15, 0.2) is 0 Å². The summed E-state index contributed by atoms with van der Waals surface area (Å²) in [4.78, 5) is 15.6. The molecule has 0 saturated carbocycles. The van der Waals surface area contributed by atoms with E-state index in [0.717, 1.165) is 22.3 Å². The van der Waals surface area contributed by atoms with Crippen LogP contribution in [0.5, 0.6) is 0 Å². The molecule has 1 aromatic carbocycles. The van der Waals surface area contributed by atoms with Gasteiger partial charge in [-0.1, -0.05) is 0 Å². The summed E-state index contributed by atoms with van der Waals surface area (Å²) in [7, 11) is 0. The van der Waals surface area contributed by atoms with Crippen molar-refractivity contribution in [3.8, 4) is 5.69 Å². The Labute approximate surface area is 116 Å². The maximum absolute atomic E-state index is 11.3. The first kappa shape index (κ1) is 12.3. The normalized spacial score (nSPS) is 10.7. The number of anilines is 1. The molecule has 0 fully saturated rings. The second-order valence-electron chi connectivity index (χ2n) is 4.61. The molecule has 0 aliphatic heterocycles. The highest BCUT2D eigenvalue weighted by Gasteiger charge is 2.09. The predicted octanol–water partition coefficient (Wildman–Crippen LogP) is 2.69. The topological polar surface area (TPSA) is 59.8 Å². The highest BCUT2D eigenvalue weighted by atomic mass is 16.1. The van der Waals surface area contributed by atoms with Crippen molar-refractivity contribution in [2.45, 2.75) is 13.8 Å². The zero-order valence-corrected chi connectivity index (χ0v) is 11.3. The summed E-state index contributed by atoms with van der Waals surface area (Å²) in [6.45, 7) is 3.43. The van der Waals surface area contributed by atoms with E-state index in [1.807, 2.05) is 48.1 Å². The lowest BCUT2D eigenvalue weighted by Crippen LogP contribution is -2.07. The van der Waals surface area contributed by atoms with Gasteiger partial charge in [-0.25, -0.2) is 4.68 Å². The van der Waals surface area contributed by atoms with Crippen molar-refractivity contribution in [3.63, 3.8) is 0 Å². The second-order valence-corrected chi connectivity index (χ2v) is 4.61. The Morgan fingerprint density at radius 1 is 1.25 bits per heavy atom. The zero-order chi connectivity index (χ0) is 14.1. The van der Waals surface area contributed by atoms with Gasteiger partial charge in [0.05, 0.1) is 22.6 Å². The molecule has 2 heterocycles. The highest BCUT2D eigenvalue weighted by Crippen LogP contribution is 2.27. The molecule has 0 radical (unpaired) electrons. The molecule has 0 spiro atoms. The lowest BCUT2D eigenvalue weighted by Gasteiger charge is -2.10. The first-order chi connectivity index (χ1) is 9.65. The second kappa shape index (κ2) is 4.77. The summed E-state index contributed by atoms with van der Waals surface area (Å²) in [5.41, 5.74) is 3.36. The number of carbonyl (C=O) groups excluding carboxylic acids is 1. The van der Waals surface area contributed by atoms with Crippen LogP contribution in [0.3, 0.4) is 0 Å². The van der Waals surface area contributed by atoms with Crippen molar-refractivity contribution in [1.82, 2.24) is 14.8 Å². The van der Waals surface area contributed by atoms with E-state index in [2.05, 4.69) is 15.4 Å². The molecule has 100 valence electrons. The molecular formula is C15H14N4O. The van der Waals surface area contributed by atoms with Crippen LogP contribution in [0.15, 0.2) is 42.7 Å². The van der Waals surface area contributed by atoms with E-state index in [4.69, 9.17) is 0 Å². The van der Waals surface area contributed by atoms with Gasteiger partial charge in [-0.05, 0) is 37.3 Å². The molecule has 0 aliphatic rings. The smallest absolute Gasteiger partial charge is 0.221 e. The average molecular weight is 266 g/mol. The number of nitrogens with one attached hydrogen (secondary N) is 1. The number of pyridine rings is 1. The third-order valence-electron chi connectivity index (χ3n) is 3.03. The first-order valence-electron chi connectivity index (χ1n) is 6.33. The van der Waals surface area contributed by atoms with E-state index in [1.54, 1.807) is 6.20 Å². The molecule has 0 aliphatic carbocycles. The average Bonchev–Trinajstić information content (AvgIpc) is 2.85. The summed E-state index contributed by atoms with van der Waals surface area (Å²) < 4.78 is 1.82. The SMILES string of the molecule is CC(=O)Nc1ccc(-n2ccc(C)n2)c2cccnc12. The molecule has 1 N–H and O–H groups in total. The van der Waals surface area contributed by atoms with Crippen LogP contribution in [0, 0.1) is 6.92 Å². The molecule has 0 saturated heterocycles. The van der Waals surface area contributed by atoms with Crippen LogP contribution in [-0.2, 0) is 4.79 Å². The molecule has 0 bridgehead atoms. The minimum Gasteiger partial charge on any atom is -0.324 e. The maximum atomic E-state index is 11.3. The monoisotopic (exact) mass is 266 g/mol. The summed E-state index contributed by atoms with van der Waals surface area (Å²) >= 11 is 0. The van der Waals surface area contributed by atoms with Crippen molar-refractivity contribution < 1.29 is 4.79 Å². The largest absolute Gasteiger partial charge is 0.324 e. The van der Waals surface area contributed by atoms with Gasteiger partial charge in [0.25, 0.3) is 0 Å². The minimum absolute atomic E-state index is 0.111. The number of carbonyl (C=O) groups is 1. The fourth-order valence-electron chi connectivity index (χ4n) is 2.20. The predicted molar refractivity (Wildman–Crippen MR) is 77.9 cm³/mol. The minimum atomic E-state index is -0.111. The van der Waals surface area contributed by atoms with Gasteiger partial charge in [0.2, 0.25) is 5.91 Å². The van der Waals surface area contributed by atoms with Crippen LogP contribution in [0.25, 0.3) is 16.6 Å². The van der Waals surface area contributed by atoms with Gasteiger partial charge >= 0.3 is 0 Å². The lowest BCUT2D eigenvalue weighted by atomic mass is 10.1. The quantitative estimate of drug-likeness (QED) is 0.775. The van der Waals surface area contributed by atoms with Crippen molar-refractivity contribution in [3.05, 3.63) is 48.4 Å². The Bertz CT molecular complexity index is 791. The van der Waals surface area contributed by atoms with Gasteiger partial charge in [0.1, 0.15) is 0 Å². The number of rotatable bonds is 2. The molecule has 3 aromatic rings. The Morgan fingerprint density at radius 3 is 2.80 bits per heavy atom. The summed E-state index contributed by atoms with van der Waals surface area (Å²) in [5, 5.41) is 8.17. The third kappa shape index (κ3) is 2.14. The van der Waals surface area contributed by atoms with Gasteiger partial charge in [-0.2, -0.15) is 5.10 Å². The van der Waals surface area contributed by atoms with E-state index >= 15 is 0 Å². The number of aromatic nitrogens is 3. The Balaban J connectivity index is 2.23. The maximum Gasteiger partial charge on any atom is 0.221 e. The van der Waals surface area contributed by atoms with Crippen LogP contribution in [0.2, 0.25) is 0 Å². The zero-order valence-electron chi connectivity index (χ0n) is 11.3. The number of nitrogens with zero attached hydrogens (tertiary/aromatic N) is 3. The first-order valence-corrected chi connectivity index (χ1v) is 6.33. The highest BCUT2D eigenvalue weighted by molar-refractivity contribution is 6.02. The number of aryl methyl sites for hydroxylation is 1. The van der Waals surface area contributed by atoms with Gasteiger partial charge in [0, 0.05) is 24.7 Å². The molecule has 5 heteroatoms. The van der Waals surface area contributed by atoms with E-state index in [-0.39, 0.29) is 5.91 Å². The fourth-order valence-corrected chi connectivity index (χ4v) is 2.20. The third-order valence-corrected chi connectivity index (χ3v) is 3.03. The van der Waals surface area contributed by atoms with E-state index in [0.29, 0.717) is 5.69 Å².